The molecule has 0 aliphatic rings. The van der Waals surface area contributed by atoms with Crippen LogP contribution in [-0.2, 0) is 20.6 Å². The van der Waals surface area contributed by atoms with Crippen LogP contribution in [0.25, 0.3) is 0 Å². The molecule has 0 aromatic carbocycles. The molecule has 2 rings (SSSR count). The highest BCUT2D eigenvalue weighted by molar-refractivity contribution is 5.40. The predicted molar refractivity (Wildman–Crippen MR) is 63.2 cm³/mol. The predicted octanol–water partition coefficient (Wildman–Crippen LogP) is 1.38. The summed E-state index contributed by atoms with van der Waals surface area (Å²) in [6.45, 7) is 4.91. The minimum atomic E-state index is 0.789. The second kappa shape index (κ2) is 4.00. The first kappa shape index (κ1) is 10.7. The van der Waals surface area contributed by atoms with Crippen molar-refractivity contribution in [3.8, 4) is 0 Å². The van der Waals surface area contributed by atoms with E-state index < -0.39 is 0 Å². The summed E-state index contributed by atoms with van der Waals surface area (Å²) in [5, 5.41) is 11.8. The molecule has 0 saturated carbocycles. The molecule has 2 aromatic heterocycles. The molecule has 0 saturated heterocycles. The molecule has 0 unspecified atom stereocenters. The number of aryl methyl sites for hydroxylation is 3. The highest BCUT2D eigenvalue weighted by atomic mass is 15.3. The van der Waals surface area contributed by atoms with Crippen LogP contribution in [0.4, 0.5) is 5.69 Å². The molecule has 0 radical (unpaired) electrons. The van der Waals surface area contributed by atoms with E-state index in [-0.39, 0.29) is 0 Å². The number of rotatable bonds is 3. The van der Waals surface area contributed by atoms with Gasteiger partial charge in [-0.1, -0.05) is 0 Å². The van der Waals surface area contributed by atoms with Gasteiger partial charge in [-0.15, -0.1) is 0 Å². The van der Waals surface area contributed by atoms with Crippen molar-refractivity contribution in [2.45, 2.75) is 20.4 Å². The Morgan fingerprint density at radius 3 is 2.56 bits per heavy atom. The fourth-order valence-corrected chi connectivity index (χ4v) is 1.78. The Labute approximate surface area is 95.1 Å². The topological polar surface area (TPSA) is 47.7 Å². The van der Waals surface area contributed by atoms with Gasteiger partial charge in [0.05, 0.1) is 17.6 Å². The van der Waals surface area contributed by atoms with Crippen molar-refractivity contribution in [2.24, 2.45) is 14.1 Å². The first-order chi connectivity index (χ1) is 7.58. The van der Waals surface area contributed by atoms with Crippen LogP contribution in [0.2, 0.25) is 0 Å². The minimum absolute atomic E-state index is 0.789. The van der Waals surface area contributed by atoms with Crippen LogP contribution >= 0.6 is 0 Å². The lowest BCUT2D eigenvalue weighted by molar-refractivity contribution is 0.730. The van der Waals surface area contributed by atoms with Crippen molar-refractivity contribution in [2.75, 3.05) is 5.32 Å². The van der Waals surface area contributed by atoms with Gasteiger partial charge in [-0.05, 0) is 13.8 Å². The van der Waals surface area contributed by atoms with Crippen molar-refractivity contribution in [1.82, 2.24) is 19.6 Å². The quantitative estimate of drug-likeness (QED) is 0.848. The van der Waals surface area contributed by atoms with Gasteiger partial charge in [0, 0.05) is 38.1 Å². The van der Waals surface area contributed by atoms with Gasteiger partial charge in [0.1, 0.15) is 0 Å². The molecule has 5 nitrogen and oxygen atoms in total. The maximum Gasteiger partial charge on any atom is 0.0729 e. The van der Waals surface area contributed by atoms with E-state index in [1.54, 1.807) is 4.68 Å². The molecule has 0 bridgehead atoms. The second-order valence-corrected chi connectivity index (χ2v) is 4.03. The van der Waals surface area contributed by atoms with Crippen LogP contribution in [-0.4, -0.2) is 19.6 Å². The maximum atomic E-state index is 4.38. The Bertz CT molecular complexity index is 494. The highest BCUT2D eigenvalue weighted by Crippen LogP contribution is 2.14. The third-order valence-corrected chi connectivity index (χ3v) is 2.83. The van der Waals surface area contributed by atoms with E-state index in [1.807, 2.05) is 38.1 Å². The van der Waals surface area contributed by atoms with Crippen molar-refractivity contribution >= 4 is 5.69 Å². The molecular formula is C11H17N5. The molecule has 0 aliphatic carbocycles. The zero-order valence-electron chi connectivity index (χ0n) is 10.2. The minimum Gasteiger partial charge on any atom is -0.378 e. The van der Waals surface area contributed by atoms with Gasteiger partial charge in [0.15, 0.2) is 0 Å². The Balaban J connectivity index is 2.10. The van der Waals surface area contributed by atoms with Gasteiger partial charge in [-0.25, -0.2) is 0 Å². The van der Waals surface area contributed by atoms with Gasteiger partial charge in [0.25, 0.3) is 0 Å². The SMILES string of the molecule is Cc1nn(C)c(C)c1CNc1cnn(C)c1. The average molecular weight is 219 g/mol. The van der Waals surface area contributed by atoms with Crippen LogP contribution in [0.15, 0.2) is 12.4 Å². The smallest absolute Gasteiger partial charge is 0.0729 e. The maximum absolute atomic E-state index is 4.38. The average Bonchev–Trinajstić information content (AvgIpc) is 2.72. The first-order valence-electron chi connectivity index (χ1n) is 5.29. The molecule has 0 fully saturated rings. The van der Waals surface area contributed by atoms with E-state index in [0.717, 1.165) is 17.9 Å². The van der Waals surface area contributed by atoms with Crippen molar-refractivity contribution in [3.05, 3.63) is 29.3 Å². The fourth-order valence-electron chi connectivity index (χ4n) is 1.78. The van der Waals surface area contributed by atoms with Crippen LogP contribution in [0, 0.1) is 13.8 Å². The van der Waals surface area contributed by atoms with Crippen molar-refractivity contribution in [3.63, 3.8) is 0 Å². The van der Waals surface area contributed by atoms with Crippen LogP contribution in [0.3, 0.4) is 0 Å². The third-order valence-electron chi connectivity index (χ3n) is 2.83. The molecule has 86 valence electrons. The van der Waals surface area contributed by atoms with Crippen LogP contribution < -0.4 is 5.32 Å². The number of hydrogen-bond acceptors (Lipinski definition) is 3. The lowest BCUT2D eigenvalue weighted by Crippen LogP contribution is -2.01. The number of nitrogens with one attached hydrogen (secondary N) is 1. The summed E-state index contributed by atoms with van der Waals surface area (Å²) < 4.78 is 3.70. The van der Waals surface area contributed by atoms with Gasteiger partial charge in [-0.2, -0.15) is 10.2 Å². The number of hydrogen-bond donors (Lipinski definition) is 1. The van der Waals surface area contributed by atoms with Gasteiger partial charge >= 0.3 is 0 Å². The van der Waals surface area contributed by atoms with Gasteiger partial charge < -0.3 is 5.32 Å². The molecule has 1 N–H and O–H groups in total. The Kier molecular flexibility index (Phi) is 2.68. The summed E-state index contributed by atoms with van der Waals surface area (Å²) in [7, 11) is 3.88. The summed E-state index contributed by atoms with van der Waals surface area (Å²) in [6, 6.07) is 0. The molecule has 0 aliphatic heterocycles. The highest BCUT2D eigenvalue weighted by Gasteiger charge is 2.08. The summed E-state index contributed by atoms with van der Waals surface area (Å²) in [4.78, 5) is 0. The first-order valence-corrected chi connectivity index (χ1v) is 5.29. The largest absolute Gasteiger partial charge is 0.378 e. The number of aromatic nitrogens is 4. The van der Waals surface area contributed by atoms with E-state index in [1.165, 1.54) is 11.3 Å². The molecule has 5 heteroatoms. The summed E-state index contributed by atoms with van der Waals surface area (Å²) >= 11 is 0. The molecule has 0 amide bonds. The zero-order valence-corrected chi connectivity index (χ0v) is 10.2. The lowest BCUT2D eigenvalue weighted by Gasteiger charge is -2.03. The van der Waals surface area contributed by atoms with E-state index in [4.69, 9.17) is 0 Å². The van der Waals surface area contributed by atoms with E-state index in [9.17, 15) is 0 Å². The van der Waals surface area contributed by atoms with E-state index in [0.29, 0.717) is 0 Å². The Morgan fingerprint density at radius 2 is 2.06 bits per heavy atom. The lowest BCUT2D eigenvalue weighted by atomic mass is 10.2. The second-order valence-electron chi connectivity index (χ2n) is 4.03. The van der Waals surface area contributed by atoms with E-state index in [2.05, 4.69) is 22.4 Å². The Morgan fingerprint density at radius 1 is 1.31 bits per heavy atom. The monoisotopic (exact) mass is 219 g/mol. The van der Waals surface area contributed by atoms with Crippen molar-refractivity contribution in [1.29, 1.82) is 0 Å². The van der Waals surface area contributed by atoms with Crippen LogP contribution in [0.1, 0.15) is 17.0 Å². The summed E-state index contributed by atoms with van der Waals surface area (Å²) in [6.07, 6.45) is 3.78. The van der Waals surface area contributed by atoms with E-state index >= 15 is 0 Å². The number of nitrogens with zero attached hydrogens (tertiary/aromatic N) is 4. The number of anilines is 1. The van der Waals surface area contributed by atoms with Crippen LogP contribution in [0.5, 0.6) is 0 Å². The zero-order chi connectivity index (χ0) is 11.7. The standard InChI is InChI=1S/C11H17N5/c1-8-11(9(2)16(4)14-8)6-12-10-5-13-15(3)7-10/h5,7,12H,6H2,1-4H3. The molecule has 2 heterocycles. The fraction of sp³-hybridized carbons (Fsp3) is 0.455. The summed E-state index contributed by atoms with van der Waals surface area (Å²) in [5.41, 5.74) is 4.57. The summed E-state index contributed by atoms with van der Waals surface area (Å²) in [5.74, 6) is 0. The van der Waals surface area contributed by atoms with Gasteiger partial charge in [0.2, 0.25) is 0 Å². The van der Waals surface area contributed by atoms with Gasteiger partial charge in [-0.3, -0.25) is 9.36 Å². The molecular weight excluding hydrogens is 202 g/mol. The molecule has 0 spiro atoms. The molecule has 16 heavy (non-hydrogen) atoms. The van der Waals surface area contributed by atoms with Crippen molar-refractivity contribution < 1.29 is 0 Å². The molecule has 2 aromatic rings. The Hall–Kier alpha value is -1.78. The third kappa shape index (κ3) is 1.93. The normalized spacial score (nSPS) is 10.8. The molecule has 0 atom stereocenters.